The van der Waals surface area contributed by atoms with Gasteiger partial charge in [0.25, 0.3) is 0 Å². The summed E-state index contributed by atoms with van der Waals surface area (Å²) in [5, 5.41) is 4.84. The number of unbranched alkanes of at least 4 members (excludes halogenated alkanes) is 1. The Bertz CT molecular complexity index is 308. The van der Waals surface area contributed by atoms with Crippen LogP contribution in [0.15, 0.2) is 4.99 Å². The van der Waals surface area contributed by atoms with E-state index in [0.29, 0.717) is 5.41 Å². The first-order chi connectivity index (χ1) is 9.78. The van der Waals surface area contributed by atoms with Crippen LogP contribution in [0.25, 0.3) is 0 Å². The number of thioether (sulfide) groups is 1. The summed E-state index contributed by atoms with van der Waals surface area (Å²) in [6.45, 7) is 6.79. The molecule has 2 aliphatic rings. The summed E-state index contributed by atoms with van der Waals surface area (Å²) in [7, 11) is 0. The van der Waals surface area contributed by atoms with Gasteiger partial charge in [-0.3, -0.25) is 4.99 Å². The van der Waals surface area contributed by atoms with Gasteiger partial charge in [0.05, 0.1) is 0 Å². The highest BCUT2D eigenvalue weighted by Crippen LogP contribution is 2.41. The molecule has 20 heavy (non-hydrogen) atoms. The van der Waals surface area contributed by atoms with E-state index in [9.17, 15) is 0 Å². The van der Waals surface area contributed by atoms with E-state index in [0.717, 1.165) is 19.0 Å². The molecule has 0 aromatic carbocycles. The standard InChI is InChI=1S/C17H32N2S/c1-3-5-9-15(4-2)12-18-16-19-13-17(14-20-16)10-7-6-8-11-17/h15H,3-14H2,1-2H3,(H,18,19). The number of aliphatic imine (C=N–C) groups is 1. The van der Waals surface area contributed by atoms with Crippen LogP contribution >= 0.6 is 11.8 Å². The molecule has 1 unspecified atom stereocenters. The molecule has 1 atom stereocenters. The highest BCUT2D eigenvalue weighted by molar-refractivity contribution is 8.13. The molecule has 3 heteroatoms. The van der Waals surface area contributed by atoms with Crippen LogP contribution in [-0.4, -0.2) is 24.0 Å². The Labute approximate surface area is 129 Å². The van der Waals surface area contributed by atoms with E-state index in [4.69, 9.17) is 4.99 Å². The van der Waals surface area contributed by atoms with E-state index >= 15 is 0 Å². The van der Waals surface area contributed by atoms with E-state index in [2.05, 4.69) is 19.2 Å². The average Bonchev–Trinajstić information content (AvgIpc) is 2.50. The normalized spacial score (nSPS) is 23.4. The summed E-state index contributed by atoms with van der Waals surface area (Å²) in [6.07, 6.45) is 12.4. The number of nitrogens with zero attached hydrogens (tertiary/aromatic N) is 1. The Hall–Kier alpha value is -0.180. The van der Waals surface area contributed by atoms with Gasteiger partial charge in [0.2, 0.25) is 0 Å². The molecule has 116 valence electrons. The first kappa shape index (κ1) is 16.2. The fraction of sp³-hybridized carbons (Fsp3) is 0.941. The van der Waals surface area contributed by atoms with Crippen molar-refractivity contribution in [3.05, 3.63) is 0 Å². The number of amidine groups is 1. The molecule has 1 aliphatic heterocycles. The van der Waals surface area contributed by atoms with Crippen molar-refractivity contribution in [3.8, 4) is 0 Å². The first-order valence-electron chi connectivity index (χ1n) is 8.69. The molecular formula is C17H32N2S. The van der Waals surface area contributed by atoms with Gasteiger partial charge in [0.1, 0.15) is 0 Å². The maximum atomic E-state index is 4.86. The van der Waals surface area contributed by atoms with Crippen molar-refractivity contribution in [3.63, 3.8) is 0 Å². The van der Waals surface area contributed by atoms with Gasteiger partial charge in [-0.2, -0.15) is 0 Å². The zero-order valence-electron chi connectivity index (χ0n) is 13.4. The van der Waals surface area contributed by atoms with Gasteiger partial charge >= 0.3 is 0 Å². The summed E-state index contributed by atoms with van der Waals surface area (Å²) in [4.78, 5) is 4.86. The largest absolute Gasteiger partial charge is 0.365 e. The Morgan fingerprint density at radius 1 is 1.25 bits per heavy atom. The highest BCUT2D eigenvalue weighted by atomic mass is 32.2. The Morgan fingerprint density at radius 3 is 2.65 bits per heavy atom. The van der Waals surface area contributed by atoms with Gasteiger partial charge < -0.3 is 5.32 Å². The Kier molecular flexibility index (Phi) is 6.73. The lowest BCUT2D eigenvalue weighted by Gasteiger charge is -2.38. The van der Waals surface area contributed by atoms with E-state index in [-0.39, 0.29) is 0 Å². The SMILES string of the molecule is CCCCC(CC)CNC1=NCC2(CCCCC2)CS1. The summed E-state index contributed by atoms with van der Waals surface area (Å²) in [5.41, 5.74) is 0.556. The molecule has 0 aromatic heterocycles. The second-order valence-electron chi connectivity index (χ2n) is 6.77. The van der Waals surface area contributed by atoms with Crippen molar-refractivity contribution in [2.45, 2.75) is 71.6 Å². The zero-order chi connectivity index (χ0) is 14.3. The van der Waals surface area contributed by atoms with Crippen LogP contribution in [0.4, 0.5) is 0 Å². The molecule has 1 aliphatic carbocycles. The van der Waals surface area contributed by atoms with E-state index in [1.54, 1.807) is 0 Å². The van der Waals surface area contributed by atoms with Gasteiger partial charge in [0, 0.05) is 18.8 Å². The van der Waals surface area contributed by atoms with Gasteiger partial charge in [0.15, 0.2) is 5.17 Å². The van der Waals surface area contributed by atoms with Crippen LogP contribution < -0.4 is 5.32 Å². The molecule has 1 saturated carbocycles. The molecule has 0 amide bonds. The smallest absolute Gasteiger partial charge is 0.156 e. The van der Waals surface area contributed by atoms with Gasteiger partial charge in [-0.25, -0.2) is 0 Å². The van der Waals surface area contributed by atoms with Crippen LogP contribution in [0.3, 0.4) is 0 Å². The van der Waals surface area contributed by atoms with Crippen LogP contribution in [0.2, 0.25) is 0 Å². The van der Waals surface area contributed by atoms with Crippen molar-refractivity contribution in [2.24, 2.45) is 16.3 Å². The molecule has 0 aromatic rings. The third-order valence-electron chi connectivity index (χ3n) is 5.07. The predicted molar refractivity (Wildman–Crippen MR) is 91.6 cm³/mol. The van der Waals surface area contributed by atoms with E-state index < -0.39 is 0 Å². The third-order valence-corrected chi connectivity index (χ3v) is 6.38. The summed E-state index contributed by atoms with van der Waals surface area (Å²) >= 11 is 1.98. The molecular weight excluding hydrogens is 264 g/mol. The van der Waals surface area contributed by atoms with Gasteiger partial charge in [-0.05, 0) is 30.6 Å². The number of hydrogen-bond acceptors (Lipinski definition) is 3. The summed E-state index contributed by atoms with van der Waals surface area (Å²) in [5.74, 6) is 2.12. The fourth-order valence-electron chi connectivity index (χ4n) is 3.44. The lowest BCUT2D eigenvalue weighted by Crippen LogP contribution is -2.38. The maximum absolute atomic E-state index is 4.86. The predicted octanol–water partition coefficient (Wildman–Crippen LogP) is 4.85. The third kappa shape index (κ3) is 4.68. The van der Waals surface area contributed by atoms with Crippen LogP contribution in [-0.2, 0) is 0 Å². The summed E-state index contributed by atoms with van der Waals surface area (Å²) < 4.78 is 0. The van der Waals surface area contributed by atoms with Crippen molar-refractivity contribution in [1.29, 1.82) is 0 Å². The first-order valence-corrected chi connectivity index (χ1v) is 9.67. The van der Waals surface area contributed by atoms with E-state index in [1.807, 2.05) is 11.8 Å². The zero-order valence-corrected chi connectivity index (χ0v) is 14.2. The minimum absolute atomic E-state index is 0.556. The fourth-order valence-corrected chi connectivity index (χ4v) is 4.60. The van der Waals surface area contributed by atoms with Crippen molar-refractivity contribution in [1.82, 2.24) is 5.32 Å². The topological polar surface area (TPSA) is 24.4 Å². The second-order valence-corrected chi connectivity index (χ2v) is 7.73. The lowest BCUT2D eigenvalue weighted by molar-refractivity contribution is 0.232. The Balaban J connectivity index is 1.74. The summed E-state index contributed by atoms with van der Waals surface area (Å²) in [6, 6.07) is 0. The molecule has 1 N–H and O–H groups in total. The van der Waals surface area contributed by atoms with Gasteiger partial charge in [-0.1, -0.05) is 64.1 Å². The molecule has 1 spiro atoms. The molecule has 2 nitrogen and oxygen atoms in total. The highest BCUT2D eigenvalue weighted by Gasteiger charge is 2.34. The van der Waals surface area contributed by atoms with Crippen molar-refractivity contribution >= 4 is 16.9 Å². The molecule has 2 rings (SSSR count). The van der Waals surface area contributed by atoms with Crippen LogP contribution in [0, 0.1) is 11.3 Å². The molecule has 0 radical (unpaired) electrons. The van der Waals surface area contributed by atoms with Gasteiger partial charge in [-0.15, -0.1) is 0 Å². The second kappa shape index (κ2) is 8.31. The molecule has 0 bridgehead atoms. The minimum Gasteiger partial charge on any atom is -0.365 e. The molecule has 1 fully saturated rings. The maximum Gasteiger partial charge on any atom is 0.156 e. The molecule has 0 saturated heterocycles. The van der Waals surface area contributed by atoms with Crippen LogP contribution in [0.5, 0.6) is 0 Å². The quantitative estimate of drug-likeness (QED) is 0.758. The monoisotopic (exact) mass is 296 g/mol. The number of nitrogens with one attached hydrogen (secondary N) is 1. The number of hydrogen-bond donors (Lipinski definition) is 1. The molecule has 1 heterocycles. The lowest BCUT2D eigenvalue weighted by atomic mass is 9.75. The van der Waals surface area contributed by atoms with E-state index in [1.165, 1.54) is 68.7 Å². The average molecular weight is 297 g/mol. The number of rotatable bonds is 6. The van der Waals surface area contributed by atoms with Crippen molar-refractivity contribution in [2.75, 3.05) is 18.8 Å². The van der Waals surface area contributed by atoms with Crippen LogP contribution in [0.1, 0.15) is 71.6 Å². The van der Waals surface area contributed by atoms with Crippen molar-refractivity contribution < 1.29 is 0 Å². The Morgan fingerprint density at radius 2 is 2.05 bits per heavy atom. The minimum atomic E-state index is 0.556.